The van der Waals surface area contributed by atoms with Crippen molar-refractivity contribution in [1.82, 2.24) is 5.32 Å². The zero-order chi connectivity index (χ0) is 27.4. The van der Waals surface area contributed by atoms with Gasteiger partial charge in [-0.15, -0.1) is 6.58 Å². The van der Waals surface area contributed by atoms with Crippen LogP contribution in [-0.2, 0) is 22.6 Å². The van der Waals surface area contributed by atoms with Gasteiger partial charge in [-0.1, -0.05) is 41.4 Å². The minimum Gasteiger partial charge on any atom is -0.493 e. The number of methoxy groups -OCH3 is 1. The van der Waals surface area contributed by atoms with Gasteiger partial charge in [0.25, 0.3) is 11.8 Å². The van der Waals surface area contributed by atoms with Crippen molar-refractivity contribution in [1.29, 1.82) is 0 Å². The molecular formula is C28H21Cl2FN2O5. The summed E-state index contributed by atoms with van der Waals surface area (Å²) < 4.78 is 24.8. The van der Waals surface area contributed by atoms with Gasteiger partial charge in [0.15, 0.2) is 11.5 Å². The average Bonchev–Trinajstić information content (AvgIpc) is 2.88. The highest BCUT2D eigenvalue weighted by molar-refractivity contribution is 6.43. The van der Waals surface area contributed by atoms with Crippen LogP contribution in [0.1, 0.15) is 16.7 Å². The normalized spacial score (nSPS) is 14.5. The average molecular weight is 555 g/mol. The highest BCUT2D eigenvalue weighted by Gasteiger charge is 2.37. The molecule has 4 rings (SSSR count). The van der Waals surface area contributed by atoms with E-state index in [0.29, 0.717) is 29.0 Å². The van der Waals surface area contributed by atoms with Crippen LogP contribution in [0, 0.1) is 5.82 Å². The van der Waals surface area contributed by atoms with Crippen LogP contribution in [0.3, 0.4) is 0 Å². The molecule has 38 heavy (non-hydrogen) atoms. The lowest BCUT2D eigenvalue weighted by Crippen LogP contribution is -2.54. The summed E-state index contributed by atoms with van der Waals surface area (Å²) in [5.74, 6) is -1.25. The second-order valence-electron chi connectivity index (χ2n) is 8.18. The summed E-state index contributed by atoms with van der Waals surface area (Å²) in [4.78, 5) is 39.2. The van der Waals surface area contributed by atoms with Crippen molar-refractivity contribution < 1.29 is 28.2 Å². The van der Waals surface area contributed by atoms with E-state index in [-0.39, 0.29) is 33.7 Å². The maximum atomic E-state index is 13.3. The van der Waals surface area contributed by atoms with Gasteiger partial charge in [-0.2, -0.15) is 0 Å². The van der Waals surface area contributed by atoms with Crippen molar-refractivity contribution in [2.45, 2.75) is 13.0 Å². The number of halogens is 3. The lowest BCUT2D eigenvalue weighted by atomic mass is 10.0. The Morgan fingerprint density at radius 2 is 1.76 bits per heavy atom. The summed E-state index contributed by atoms with van der Waals surface area (Å²) in [5.41, 5.74) is 1.75. The second kappa shape index (κ2) is 11.5. The van der Waals surface area contributed by atoms with Crippen LogP contribution in [0.2, 0.25) is 10.0 Å². The number of barbiturate groups is 1. The van der Waals surface area contributed by atoms with E-state index in [1.807, 2.05) is 0 Å². The number of nitrogens with one attached hydrogen (secondary N) is 1. The fourth-order valence-corrected chi connectivity index (χ4v) is 4.10. The fraction of sp³-hybridized carbons (Fsp3) is 0.107. The highest BCUT2D eigenvalue weighted by atomic mass is 35.5. The summed E-state index contributed by atoms with van der Waals surface area (Å²) in [6, 6.07) is 12.6. The van der Waals surface area contributed by atoms with Crippen LogP contribution in [0.4, 0.5) is 14.9 Å². The van der Waals surface area contributed by atoms with Crippen LogP contribution >= 0.6 is 23.2 Å². The Hall–Kier alpha value is -4.14. The van der Waals surface area contributed by atoms with Crippen LogP contribution in [0.25, 0.3) is 6.08 Å². The molecule has 194 valence electrons. The lowest BCUT2D eigenvalue weighted by Gasteiger charge is -2.26. The summed E-state index contributed by atoms with van der Waals surface area (Å²) in [5, 5.41) is 2.56. The van der Waals surface area contributed by atoms with E-state index in [0.717, 1.165) is 10.5 Å². The van der Waals surface area contributed by atoms with Gasteiger partial charge in [0, 0.05) is 5.56 Å². The molecule has 3 aromatic rings. The molecule has 1 saturated heterocycles. The number of allylic oxidation sites excluding steroid dienone is 1. The number of hydrogen-bond donors (Lipinski definition) is 1. The second-order valence-corrected chi connectivity index (χ2v) is 8.99. The fourth-order valence-electron chi connectivity index (χ4n) is 3.81. The zero-order valence-corrected chi connectivity index (χ0v) is 21.6. The molecule has 7 nitrogen and oxygen atoms in total. The van der Waals surface area contributed by atoms with Crippen molar-refractivity contribution in [3.63, 3.8) is 0 Å². The number of carbonyl (C=O) groups excluding carboxylic acids is 3. The summed E-state index contributed by atoms with van der Waals surface area (Å²) in [7, 11) is 1.46. The van der Waals surface area contributed by atoms with E-state index in [4.69, 9.17) is 32.7 Å². The van der Waals surface area contributed by atoms with Crippen LogP contribution in [-0.4, -0.2) is 25.0 Å². The standard InChI is InChI=1S/C28H21Cl2FN2O5/c1-3-4-18-11-17(13-24(37-2)25(18)38-15-16-5-7-19(31)8-6-16)12-21-26(34)32-28(36)33(27(21)35)20-9-10-22(29)23(30)14-20/h3,5-14H,1,4,15H2,2H3,(H,32,34,36)/b21-12+. The molecule has 0 unspecified atom stereocenters. The van der Waals surface area contributed by atoms with E-state index in [1.54, 1.807) is 30.3 Å². The van der Waals surface area contributed by atoms with Gasteiger partial charge in [-0.3, -0.25) is 14.9 Å². The van der Waals surface area contributed by atoms with E-state index in [2.05, 4.69) is 11.9 Å². The van der Waals surface area contributed by atoms with Crippen molar-refractivity contribution in [2.75, 3.05) is 12.0 Å². The number of anilines is 1. The Balaban J connectivity index is 1.70. The number of nitrogens with zero attached hydrogens (tertiary/aromatic N) is 1. The van der Waals surface area contributed by atoms with E-state index >= 15 is 0 Å². The summed E-state index contributed by atoms with van der Waals surface area (Å²) >= 11 is 12.0. The van der Waals surface area contributed by atoms with Crippen LogP contribution < -0.4 is 19.7 Å². The predicted octanol–water partition coefficient (Wildman–Crippen LogP) is 6.12. The Kier molecular flexibility index (Phi) is 8.14. The molecule has 4 amide bonds. The molecule has 3 aromatic carbocycles. The molecule has 1 aliphatic heterocycles. The SMILES string of the molecule is C=CCc1cc(/C=C2\C(=O)NC(=O)N(c3ccc(Cl)c(Cl)c3)C2=O)cc(OC)c1OCc1ccc(F)cc1. The number of ether oxygens (including phenoxy) is 2. The molecule has 1 heterocycles. The quantitative estimate of drug-likeness (QED) is 0.206. The first kappa shape index (κ1) is 26.9. The monoisotopic (exact) mass is 554 g/mol. The van der Waals surface area contributed by atoms with Gasteiger partial charge >= 0.3 is 6.03 Å². The van der Waals surface area contributed by atoms with Crippen LogP contribution in [0.5, 0.6) is 11.5 Å². The number of carbonyl (C=O) groups is 3. The number of amides is 4. The minimum absolute atomic E-state index is 0.141. The topological polar surface area (TPSA) is 84.9 Å². The zero-order valence-electron chi connectivity index (χ0n) is 20.1. The van der Waals surface area contributed by atoms with Crippen molar-refractivity contribution in [3.8, 4) is 11.5 Å². The molecule has 1 aliphatic rings. The molecule has 10 heteroatoms. The molecule has 0 atom stereocenters. The highest BCUT2D eigenvalue weighted by Crippen LogP contribution is 2.36. The number of imide groups is 2. The van der Waals surface area contributed by atoms with Crippen molar-refractivity contribution in [3.05, 3.63) is 105 Å². The Morgan fingerprint density at radius 1 is 1.03 bits per heavy atom. The summed E-state index contributed by atoms with van der Waals surface area (Å²) in [6.45, 7) is 3.93. The lowest BCUT2D eigenvalue weighted by molar-refractivity contribution is -0.122. The van der Waals surface area contributed by atoms with E-state index in [9.17, 15) is 18.8 Å². The maximum absolute atomic E-state index is 13.3. The van der Waals surface area contributed by atoms with E-state index < -0.39 is 17.8 Å². The molecule has 0 radical (unpaired) electrons. The van der Waals surface area contributed by atoms with Crippen molar-refractivity contribution >= 4 is 52.8 Å². The van der Waals surface area contributed by atoms with Gasteiger partial charge in [0.05, 0.1) is 22.8 Å². The maximum Gasteiger partial charge on any atom is 0.335 e. The molecule has 0 spiro atoms. The number of hydrogen-bond acceptors (Lipinski definition) is 5. The van der Waals surface area contributed by atoms with Gasteiger partial charge < -0.3 is 9.47 Å². The van der Waals surface area contributed by atoms with Crippen molar-refractivity contribution in [2.24, 2.45) is 0 Å². The van der Waals surface area contributed by atoms with Gasteiger partial charge in [-0.25, -0.2) is 14.1 Å². The number of rotatable bonds is 8. The third kappa shape index (κ3) is 5.72. The minimum atomic E-state index is -0.912. The summed E-state index contributed by atoms with van der Waals surface area (Å²) in [6.07, 6.45) is 3.41. The number of urea groups is 1. The predicted molar refractivity (Wildman–Crippen MR) is 143 cm³/mol. The third-order valence-electron chi connectivity index (χ3n) is 5.61. The molecule has 1 fully saturated rings. The Bertz CT molecular complexity index is 1470. The van der Waals surface area contributed by atoms with Gasteiger partial charge in [-0.05, 0) is 66.1 Å². The first-order chi connectivity index (χ1) is 18.2. The molecule has 1 N–H and O–H groups in total. The molecule has 0 saturated carbocycles. The number of benzene rings is 3. The van der Waals surface area contributed by atoms with E-state index in [1.165, 1.54) is 43.5 Å². The Labute approximate surface area is 228 Å². The first-order valence-corrected chi connectivity index (χ1v) is 12.0. The molecule has 0 aromatic heterocycles. The third-order valence-corrected chi connectivity index (χ3v) is 6.35. The Morgan fingerprint density at radius 3 is 2.42 bits per heavy atom. The molecular weight excluding hydrogens is 534 g/mol. The smallest absolute Gasteiger partial charge is 0.335 e. The van der Waals surface area contributed by atoms with Gasteiger partial charge in [0.1, 0.15) is 18.0 Å². The van der Waals surface area contributed by atoms with Gasteiger partial charge in [0.2, 0.25) is 0 Å². The largest absolute Gasteiger partial charge is 0.493 e. The van der Waals surface area contributed by atoms with Crippen LogP contribution in [0.15, 0.2) is 72.8 Å². The molecule has 0 bridgehead atoms. The molecule has 0 aliphatic carbocycles. The first-order valence-electron chi connectivity index (χ1n) is 11.3.